The third-order valence-corrected chi connectivity index (χ3v) is 22.3. The Kier molecular flexibility index (Phi) is 9.16. The highest BCUT2D eigenvalue weighted by Crippen LogP contribution is 2.65. The van der Waals surface area contributed by atoms with Gasteiger partial charge < -0.3 is 9.13 Å². The molecule has 0 fully saturated rings. The van der Waals surface area contributed by atoms with Gasteiger partial charge in [-0.05, 0) is 175 Å². The zero-order chi connectivity index (χ0) is 56.5. The van der Waals surface area contributed by atoms with Gasteiger partial charge in [-0.3, -0.25) is 0 Å². The average molecular weight is 1060 g/mol. The monoisotopic (exact) mass is 1060 g/mol. The van der Waals surface area contributed by atoms with Gasteiger partial charge in [-0.15, -0.1) is 0 Å². The van der Waals surface area contributed by atoms with Gasteiger partial charge in [0, 0.05) is 38.6 Å². The van der Waals surface area contributed by atoms with Gasteiger partial charge in [-0.25, -0.2) is 0 Å². The second kappa shape index (κ2) is 15.2. The highest BCUT2D eigenvalue weighted by molar-refractivity contribution is 7.01. The lowest BCUT2D eigenvalue weighted by molar-refractivity contribution is 0.333. The topological polar surface area (TPSA) is 9.86 Å². The molecule has 404 valence electrons. The Morgan fingerprint density at radius 1 is 0.415 bits per heavy atom. The Balaban J connectivity index is 1.15. The Morgan fingerprint density at radius 3 is 1.54 bits per heavy atom. The Bertz CT molecular complexity index is 4690. The van der Waals surface area contributed by atoms with E-state index in [1.165, 1.54) is 133 Å². The molecular formula is C79H75BN2. The summed E-state index contributed by atoms with van der Waals surface area (Å²) < 4.78 is 5.72. The lowest BCUT2D eigenvalue weighted by Gasteiger charge is -2.47. The summed E-state index contributed by atoms with van der Waals surface area (Å²) in [7, 11) is 0. The van der Waals surface area contributed by atoms with Crippen molar-refractivity contribution in [3.05, 3.63) is 207 Å². The third kappa shape index (κ3) is 5.84. The molecule has 0 atom stereocenters. The van der Waals surface area contributed by atoms with E-state index < -0.39 is 5.41 Å². The first-order valence-corrected chi connectivity index (χ1v) is 30.9. The molecular weight excluding hydrogens is 988 g/mol. The minimum Gasteiger partial charge on any atom is -0.310 e. The van der Waals surface area contributed by atoms with Crippen molar-refractivity contribution in [3.63, 3.8) is 0 Å². The fourth-order valence-electron chi connectivity index (χ4n) is 18.0. The summed E-state index contributed by atoms with van der Waals surface area (Å²) >= 11 is 0. The van der Waals surface area contributed by atoms with Gasteiger partial charge in [-0.1, -0.05) is 236 Å². The molecule has 0 saturated heterocycles. The van der Waals surface area contributed by atoms with E-state index in [1.807, 2.05) is 0 Å². The second-order valence-corrected chi connectivity index (χ2v) is 30.8. The van der Waals surface area contributed by atoms with Crippen LogP contribution in [0.2, 0.25) is 0 Å². The van der Waals surface area contributed by atoms with Crippen molar-refractivity contribution < 1.29 is 0 Å². The summed E-state index contributed by atoms with van der Waals surface area (Å²) in [6.07, 6.45) is 4.62. The zero-order valence-corrected chi connectivity index (χ0v) is 50.7. The molecule has 0 N–H and O–H groups in total. The summed E-state index contributed by atoms with van der Waals surface area (Å²) in [5.41, 5.74) is 33.1. The molecule has 2 aromatic heterocycles. The number of rotatable bonds is 2. The molecule has 6 aliphatic rings. The van der Waals surface area contributed by atoms with Crippen LogP contribution in [0.15, 0.2) is 152 Å². The molecule has 0 unspecified atom stereocenters. The SMILES string of the molecule is CC(C)(C)c1ccc(-c2c(-c3ccc(C(C)(C)C)cc3)n3c4c(c5ccccc5cc24)B2c4c-3ccc3c4-n4c5c2cc2c(c5c5c6c(cc(c54)C34c3ccccc3-c3ccccc34)C(C)(C)CCC6(C)C)C(C)(C)CCC2(C)C)cc1. The number of aromatic nitrogens is 2. The van der Waals surface area contributed by atoms with Gasteiger partial charge in [0.2, 0.25) is 0 Å². The summed E-state index contributed by atoms with van der Waals surface area (Å²) in [5.74, 6) is 0. The molecule has 2 nitrogen and oxygen atoms in total. The van der Waals surface area contributed by atoms with E-state index in [-0.39, 0.29) is 39.2 Å². The molecule has 3 aliphatic carbocycles. The van der Waals surface area contributed by atoms with Crippen LogP contribution >= 0.6 is 0 Å². The van der Waals surface area contributed by atoms with E-state index in [0.29, 0.717) is 0 Å². The summed E-state index contributed by atoms with van der Waals surface area (Å²) in [6.45, 7) is 34.6. The van der Waals surface area contributed by atoms with Crippen molar-refractivity contribution in [2.24, 2.45) is 0 Å². The van der Waals surface area contributed by atoms with Crippen molar-refractivity contribution in [3.8, 4) is 44.9 Å². The van der Waals surface area contributed by atoms with Crippen LogP contribution < -0.4 is 16.4 Å². The summed E-state index contributed by atoms with van der Waals surface area (Å²) in [4.78, 5) is 0. The van der Waals surface area contributed by atoms with Crippen LogP contribution in [0.25, 0.3) is 88.4 Å². The van der Waals surface area contributed by atoms with E-state index in [9.17, 15) is 0 Å². The molecule has 0 amide bonds. The smallest absolute Gasteiger partial charge is 0.253 e. The first-order chi connectivity index (χ1) is 38.9. The van der Waals surface area contributed by atoms with Gasteiger partial charge in [0.15, 0.2) is 0 Å². The Labute approximate surface area is 485 Å². The molecule has 3 heteroatoms. The molecule has 5 heterocycles. The highest BCUT2D eigenvalue weighted by atomic mass is 15.1. The predicted molar refractivity (Wildman–Crippen MR) is 349 cm³/mol. The third-order valence-electron chi connectivity index (χ3n) is 22.3. The lowest BCUT2D eigenvalue weighted by atomic mass is 9.33. The summed E-state index contributed by atoms with van der Waals surface area (Å²) in [5, 5.41) is 7.06. The fourth-order valence-corrected chi connectivity index (χ4v) is 18.0. The van der Waals surface area contributed by atoms with Crippen molar-refractivity contribution in [2.45, 2.75) is 161 Å². The van der Waals surface area contributed by atoms with Gasteiger partial charge in [0.1, 0.15) is 0 Å². The number of hydrogen-bond acceptors (Lipinski definition) is 0. The van der Waals surface area contributed by atoms with Gasteiger partial charge in [0.05, 0.1) is 22.1 Å². The number of hydrogen-bond donors (Lipinski definition) is 0. The quantitative estimate of drug-likeness (QED) is 0.153. The van der Waals surface area contributed by atoms with Crippen molar-refractivity contribution in [1.82, 2.24) is 9.13 Å². The molecule has 3 aliphatic heterocycles. The van der Waals surface area contributed by atoms with E-state index in [4.69, 9.17) is 0 Å². The molecule has 0 radical (unpaired) electrons. The van der Waals surface area contributed by atoms with Gasteiger partial charge in [-0.2, -0.15) is 0 Å². The van der Waals surface area contributed by atoms with E-state index >= 15 is 0 Å². The first-order valence-electron chi connectivity index (χ1n) is 30.9. The average Bonchev–Trinajstić information content (AvgIpc) is 1.68. The molecule has 0 bridgehead atoms. The second-order valence-electron chi connectivity index (χ2n) is 30.8. The molecule has 1 spiro atoms. The molecule has 17 rings (SSSR count). The van der Waals surface area contributed by atoms with Crippen LogP contribution in [0.5, 0.6) is 0 Å². The van der Waals surface area contributed by atoms with Gasteiger partial charge in [0.25, 0.3) is 6.71 Å². The molecule has 9 aromatic carbocycles. The van der Waals surface area contributed by atoms with E-state index in [2.05, 4.69) is 258 Å². The van der Waals surface area contributed by atoms with Crippen LogP contribution in [0.4, 0.5) is 0 Å². The lowest BCUT2D eigenvalue weighted by Crippen LogP contribution is -2.61. The molecule has 82 heavy (non-hydrogen) atoms. The van der Waals surface area contributed by atoms with Crippen LogP contribution in [-0.2, 0) is 37.9 Å². The summed E-state index contributed by atoms with van der Waals surface area (Å²) in [6, 6.07) is 61.3. The minimum atomic E-state index is -0.583. The van der Waals surface area contributed by atoms with Crippen LogP contribution in [0, 0.1) is 0 Å². The fraction of sp³-hybridized carbons (Fsp3) is 0.316. The van der Waals surface area contributed by atoms with Crippen molar-refractivity contribution >= 4 is 66.6 Å². The van der Waals surface area contributed by atoms with Crippen molar-refractivity contribution in [2.75, 3.05) is 0 Å². The van der Waals surface area contributed by atoms with E-state index in [0.717, 1.165) is 25.7 Å². The molecule has 0 saturated carbocycles. The van der Waals surface area contributed by atoms with E-state index in [1.54, 1.807) is 27.6 Å². The van der Waals surface area contributed by atoms with Gasteiger partial charge >= 0.3 is 0 Å². The first kappa shape index (κ1) is 49.3. The predicted octanol–water partition coefficient (Wildman–Crippen LogP) is 18.3. The standard InChI is InChI=1S/C79H75BN2/c1-73(2,3)47-31-27-44(28-32-47)61-52-41-46-21-15-16-22-49(46)66-69(52)81(68(61)45-29-33-48(34-30-45)74(4,5)6)60-36-35-55-71-67(60)80(66)59-43-57-65(78(13,14)40-38-76(57,9)10)63-62-64-56(75(7,8)37-39-77(64,11)12)42-58(70(62)82(71)72(59)63)79(55)53-25-19-17-23-50(53)51-24-18-20-26-54(51)79/h15-36,41-43H,37-40H2,1-14H3. The zero-order valence-electron chi connectivity index (χ0n) is 50.7. The van der Waals surface area contributed by atoms with Crippen molar-refractivity contribution in [1.29, 1.82) is 0 Å². The maximum atomic E-state index is 2.94. The highest BCUT2D eigenvalue weighted by Gasteiger charge is 2.57. The van der Waals surface area contributed by atoms with Crippen LogP contribution in [0.1, 0.15) is 178 Å². The maximum Gasteiger partial charge on any atom is 0.253 e. The van der Waals surface area contributed by atoms with Crippen LogP contribution in [-0.4, -0.2) is 15.8 Å². The number of fused-ring (bicyclic) bond motifs is 17. The molecule has 11 aromatic rings. The normalized spacial score (nSPS) is 18.4. The minimum absolute atomic E-state index is 0.0147. The Hall–Kier alpha value is -7.36. The number of nitrogens with zero attached hydrogens (tertiary/aromatic N) is 2. The number of benzene rings is 9. The van der Waals surface area contributed by atoms with Crippen LogP contribution in [0.3, 0.4) is 0 Å². The largest absolute Gasteiger partial charge is 0.310 e. The Morgan fingerprint density at radius 2 is 0.939 bits per heavy atom. The maximum absolute atomic E-state index is 2.94.